The molecular formula is C12H26N2. The molecule has 2 nitrogen and oxygen atoms in total. The van der Waals surface area contributed by atoms with Crippen LogP contribution in [0, 0.1) is 0 Å². The zero-order chi connectivity index (χ0) is 10.6. The SMILES string of the molecule is CCC(N)CCCN1CCCC1(C)C. The highest BCUT2D eigenvalue weighted by Crippen LogP contribution is 2.28. The molecule has 1 fully saturated rings. The van der Waals surface area contributed by atoms with Crippen LogP contribution in [0.3, 0.4) is 0 Å². The molecule has 1 aliphatic rings. The third-order valence-corrected chi connectivity index (χ3v) is 3.60. The summed E-state index contributed by atoms with van der Waals surface area (Å²) in [5.41, 5.74) is 6.35. The van der Waals surface area contributed by atoms with E-state index in [1.165, 1.54) is 38.8 Å². The number of nitrogens with zero attached hydrogens (tertiary/aromatic N) is 1. The Morgan fingerprint density at radius 3 is 2.64 bits per heavy atom. The molecule has 84 valence electrons. The molecular weight excluding hydrogens is 172 g/mol. The minimum absolute atomic E-state index is 0.417. The van der Waals surface area contributed by atoms with Gasteiger partial charge in [-0.25, -0.2) is 0 Å². The topological polar surface area (TPSA) is 29.3 Å². The second kappa shape index (κ2) is 5.13. The van der Waals surface area contributed by atoms with Gasteiger partial charge in [0.15, 0.2) is 0 Å². The smallest absolute Gasteiger partial charge is 0.0153 e. The second-order valence-corrected chi connectivity index (χ2v) is 5.21. The van der Waals surface area contributed by atoms with E-state index in [0.29, 0.717) is 11.6 Å². The summed E-state index contributed by atoms with van der Waals surface area (Å²) >= 11 is 0. The van der Waals surface area contributed by atoms with E-state index in [1.54, 1.807) is 0 Å². The van der Waals surface area contributed by atoms with Gasteiger partial charge in [0.1, 0.15) is 0 Å². The van der Waals surface area contributed by atoms with Crippen molar-refractivity contribution < 1.29 is 0 Å². The van der Waals surface area contributed by atoms with Crippen LogP contribution in [0.2, 0.25) is 0 Å². The number of nitrogens with two attached hydrogens (primary N) is 1. The average Bonchev–Trinajstić information content (AvgIpc) is 2.45. The zero-order valence-corrected chi connectivity index (χ0v) is 10.1. The Morgan fingerprint density at radius 2 is 2.14 bits per heavy atom. The summed E-state index contributed by atoms with van der Waals surface area (Å²) in [5.74, 6) is 0. The molecule has 1 heterocycles. The maximum absolute atomic E-state index is 5.91. The normalized spacial score (nSPS) is 24.0. The van der Waals surface area contributed by atoms with Crippen LogP contribution in [0.5, 0.6) is 0 Å². The van der Waals surface area contributed by atoms with Crippen LogP contribution >= 0.6 is 0 Å². The minimum Gasteiger partial charge on any atom is -0.328 e. The standard InChI is InChI=1S/C12H26N2/c1-4-11(13)7-5-9-14-10-6-8-12(14,2)3/h11H,4-10,13H2,1-3H3. The van der Waals surface area contributed by atoms with Gasteiger partial charge in [-0.15, -0.1) is 0 Å². The number of likely N-dealkylation sites (tertiary alicyclic amines) is 1. The largest absolute Gasteiger partial charge is 0.328 e. The molecule has 0 bridgehead atoms. The van der Waals surface area contributed by atoms with E-state index in [-0.39, 0.29) is 0 Å². The lowest BCUT2D eigenvalue weighted by atomic mass is 10.0. The molecule has 0 radical (unpaired) electrons. The van der Waals surface area contributed by atoms with Crippen molar-refractivity contribution in [3.05, 3.63) is 0 Å². The van der Waals surface area contributed by atoms with Gasteiger partial charge in [-0.05, 0) is 59.0 Å². The van der Waals surface area contributed by atoms with Crippen molar-refractivity contribution in [2.24, 2.45) is 5.73 Å². The van der Waals surface area contributed by atoms with Crippen molar-refractivity contribution in [2.45, 2.75) is 64.5 Å². The van der Waals surface area contributed by atoms with Gasteiger partial charge in [-0.1, -0.05) is 6.92 Å². The zero-order valence-electron chi connectivity index (χ0n) is 10.1. The van der Waals surface area contributed by atoms with E-state index >= 15 is 0 Å². The number of rotatable bonds is 5. The van der Waals surface area contributed by atoms with Crippen molar-refractivity contribution in [1.82, 2.24) is 4.90 Å². The van der Waals surface area contributed by atoms with Gasteiger partial charge in [-0.2, -0.15) is 0 Å². The van der Waals surface area contributed by atoms with Crippen molar-refractivity contribution >= 4 is 0 Å². The van der Waals surface area contributed by atoms with Crippen LogP contribution in [0.4, 0.5) is 0 Å². The van der Waals surface area contributed by atoms with Crippen molar-refractivity contribution in [3.63, 3.8) is 0 Å². The Kier molecular flexibility index (Phi) is 4.39. The maximum Gasteiger partial charge on any atom is 0.0153 e. The Hall–Kier alpha value is -0.0800. The fraction of sp³-hybridized carbons (Fsp3) is 1.00. The summed E-state index contributed by atoms with van der Waals surface area (Å²) in [6.45, 7) is 9.42. The minimum atomic E-state index is 0.417. The monoisotopic (exact) mass is 198 g/mol. The summed E-state index contributed by atoms with van der Waals surface area (Å²) < 4.78 is 0. The summed E-state index contributed by atoms with van der Waals surface area (Å²) in [5, 5.41) is 0. The van der Waals surface area contributed by atoms with Gasteiger partial charge in [0.25, 0.3) is 0 Å². The molecule has 1 aliphatic heterocycles. The maximum atomic E-state index is 5.91. The van der Waals surface area contributed by atoms with Crippen LogP contribution in [0.1, 0.15) is 52.9 Å². The molecule has 0 spiro atoms. The van der Waals surface area contributed by atoms with E-state index in [0.717, 1.165) is 6.42 Å². The molecule has 1 atom stereocenters. The Labute approximate surface area is 88.8 Å². The van der Waals surface area contributed by atoms with E-state index < -0.39 is 0 Å². The molecule has 1 saturated heterocycles. The number of hydrogen-bond donors (Lipinski definition) is 1. The van der Waals surface area contributed by atoms with Crippen molar-refractivity contribution in [1.29, 1.82) is 0 Å². The molecule has 2 heteroatoms. The molecule has 0 aromatic rings. The van der Waals surface area contributed by atoms with Crippen LogP contribution in [0.25, 0.3) is 0 Å². The molecule has 0 aromatic carbocycles. The highest BCUT2D eigenvalue weighted by Gasteiger charge is 2.30. The molecule has 0 saturated carbocycles. The van der Waals surface area contributed by atoms with Gasteiger partial charge in [0.05, 0.1) is 0 Å². The molecule has 0 amide bonds. The summed E-state index contributed by atoms with van der Waals surface area (Å²) in [6, 6.07) is 0.417. The summed E-state index contributed by atoms with van der Waals surface area (Å²) in [4.78, 5) is 2.62. The van der Waals surface area contributed by atoms with Crippen molar-refractivity contribution in [2.75, 3.05) is 13.1 Å². The van der Waals surface area contributed by atoms with Crippen LogP contribution in [0.15, 0.2) is 0 Å². The summed E-state index contributed by atoms with van der Waals surface area (Å²) in [7, 11) is 0. The summed E-state index contributed by atoms with van der Waals surface area (Å²) in [6.07, 6.45) is 6.28. The van der Waals surface area contributed by atoms with Gasteiger partial charge in [0, 0.05) is 11.6 Å². The first kappa shape index (κ1) is 12.0. The van der Waals surface area contributed by atoms with E-state index in [2.05, 4.69) is 25.7 Å². The lowest BCUT2D eigenvalue weighted by Gasteiger charge is -2.31. The van der Waals surface area contributed by atoms with E-state index in [1.807, 2.05) is 0 Å². The lowest BCUT2D eigenvalue weighted by molar-refractivity contribution is 0.170. The average molecular weight is 198 g/mol. The Bertz CT molecular complexity index is 166. The molecule has 1 unspecified atom stereocenters. The molecule has 1 rings (SSSR count). The van der Waals surface area contributed by atoms with Gasteiger partial charge >= 0.3 is 0 Å². The first-order valence-electron chi connectivity index (χ1n) is 6.07. The van der Waals surface area contributed by atoms with Gasteiger partial charge in [-0.3, -0.25) is 4.90 Å². The molecule has 0 aromatic heterocycles. The number of hydrogen-bond acceptors (Lipinski definition) is 2. The predicted octanol–water partition coefficient (Wildman–Crippen LogP) is 2.38. The van der Waals surface area contributed by atoms with Crippen LogP contribution < -0.4 is 5.73 Å². The second-order valence-electron chi connectivity index (χ2n) is 5.21. The highest BCUT2D eigenvalue weighted by atomic mass is 15.2. The van der Waals surface area contributed by atoms with Gasteiger partial charge < -0.3 is 5.73 Å². The van der Waals surface area contributed by atoms with Crippen LogP contribution in [-0.4, -0.2) is 29.6 Å². The third kappa shape index (κ3) is 3.25. The lowest BCUT2D eigenvalue weighted by Crippen LogP contribution is -2.39. The third-order valence-electron chi connectivity index (χ3n) is 3.60. The Balaban J connectivity index is 2.18. The molecule has 14 heavy (non-hydrogen) atoms. The molecule has 2 N–H and O–H groups in total. The Morgan fingerprint density at radius 1 is 1.43 bits per heavy atom. The van der Waals surface area contributed by atoms with E-state index in [9.17, 15) is 0 Å². The van der Waals surface area contributed by atoms with Gasteiger partial charge in [0.2, 0.25) is 0 Å². The highest BCUT2D eigenvalue weighted by molar-refractivity contribution is 4.87. The first-order chi connectivity index (χ1) is 6.56. The first-order valence-corrected chi connectivity index (χ1v) is 6.07. The quantitative estimate of drug-likeness (QED) is 0.735. The fourth-order valence-corrected chi connectivity index (χ4v) is 2.33. The van der Waals surface area contributed by atoms with Crippen molar-refractivity contribution in [3.8, 4) is 0 Å². The van der Waals surface area contributed by atoms with E-state index in [4.69, 9.17) is 5.73 Å². The van der Waals surface area contributed by atoms with Crippen LogP contribution in [-0.2, 0) is 0 Å². The molecule has 0 aliphatic carbocycles. The fourth-order valence-electron chi connectivity index (χ4n) is 2.33. The predicted molar refractivity (Wildman–Crippen MR) is 62.4 cm³/mol.